The second kappa shape index (κ2) is 12.0. The van der Waals surface area contributed by atoms with E-state index in [4.69, 9.17) is 23.7 Å². The topological polar surface area (TPSA) is 113 Å². The molecule has 1 heterocycles. The monoisotopic (exact) mass is 520 g/mol. The maximum atomic E-state index is 12.6. The number of nitrogens with one attached hydrogen (secondary N) is 1. The number of amides is 2. The third-order valence-electron chi connectivity index (χ3n) is 5.93. The summed E-state index contributed by atoms with van der Waals surface area (Å²) in [6, 6.07) is 19.1. The van der Waals surface area contributed by atoms with Crippen LogP contribution in [0.3, 0.4) is 0 Å². The highest BCUT2D eigenvalue weighted by Gasteiger charge is 2.36. The van der Waals surface area contributed by atoms with E-state index in [0.29, 0.717) is 34.4 Å². The minimum atomic E-state index is -0.680. The van der Waals surface area contributed by atoms with E-state index in [0.717, 1.165) is 5.75 Å². The molecule has 1 N–H and O–H groups in total. The molecule has 2 amide bonds. The van der Waals surface area contributed by atoms with Gasteiger partial charge in [-0.25, -0.2) is 0 Å². The van der Waals surface area contributed by atoms with Crippen LogP contribution in [0.15, 0.2) is 66.7 Å². The summed E-state index contributed by atoms with van der Waals surface area (Å²) in [4.78, 5) is 39.0. The SMILES string of the molecule is COc1ccc(Oc2ccc(N3C[C@H](C(=O)OCC(=O)Nc4ccc(OC)cc4OC)CC3=O)cc2)cc1. The quantitative estimate of drug-likeness (QED) is 0.399. The molecule has 198 valence electrons. The fourth-order valence-electron chi connectivity index (χ4n) is 3.93. The predicted molar refractivity (Wildman–Crippen MR) is 139 cm³/mol. The zero-order valence-electron chi connectivity index (χ0n) is 21.3. The third-order valence-corrected chi connectivity index (χ3v) is 5.93. The summed E-state index contributed by atoms with van der Waals surface area (Å²) in [6.45, 7) is -0.333. The van der Waals surface area contributed by atoms with E-state index in [1.807, 2.05) is 0 Å². The molecular weight excluding hydrogens is 492 g/mol. The number of carbonyl (C=O) groups excluding carboxylic acids is 3. The van der Waals surface area contributed by atoms with E-state index in [1.165, 1.54) is 19.1 Å². The van der Waals surface area contributed by atoms with Crippen molar-refractivity contribution in [3.05, 3.63) is 66.7 Å². The van der Waals surface area contributed by atoms with E-state index in [1.54, 1.807) is 73.8 Å². The Hall–Kier alpha value is -4.73. The number of esters is 1. The van der Waals surface area contributed by atoms with Gasteiger partial charge in [-0.3, -0.25) is 14.4 Å². The van der Waals surface area contributed by atoms with Crippen LogP contribution in [0.1, 0.15) is 6.42 Å². The van der Waals surface area contributed by atoms with Crippen molar-refractivity contribution in [2.24, 2.45) is 5.92 Å². The Morgan fingerprint density at radius 2 is 1.45 bits per heavy atom. The summed E-state index contributed by atoms with van der Waals surface area (Å²) in [5.41, 5.74) is 1.05. The van der Waals surface area contributed by atoms with Crippen LogP contribution in [-0.2, 0) is 19.1 Å². The Balaban J connectivity index is 1.29. The molecule has 4 rings (SSSR count). The first-order valence-electron chi connectivity index (χ1n) is 11.8. The highest BCUT2D eigenvalue weighted by atomic mass is 16.5. The molecule has 3 aromatic carbocycles. The summed E-state index contributed by atoms with van der Waals surface area (Å²) in [6.07, 6.45) is -0.00312. The van der Waals surface area contributed by atoms with Crippen molar-refractivity contribution >= 4 is 29.2 Å². The van der Waals surface area contributed by atoms with Gasteiger partial charge in [-0.2, -0.15) is 0 Å². The van der Waals surface area contributed by atoms with Crippen LogP contribution < -0.4 is 29.2 Å². The lowest BCUT2D eigenvalue weighted by molar-refractivity contribution is -0.151. The molecule has 1 aliphatic rings. The molecule has 1 saturated heterocycles. The van der Waals surface area contributed by atoms with Gasteiger partial charge in [0.05, 0.1) is 32.9 Å². The third kappa shape index (κ3) is 6.33. The molecular formula is C28H28N2O8. The number of benzene rings is 3. The van der Waals surface area contributed by atoms with Gasteiger partial charge < -0.3 is 33.9 Å². The highest BCUT2D eigenvalue weighted by Crippen LogP contribution is 2.31. The smallest absolute Gasteiger partial charge is 0.311 e. The van der Waals surface area contributed by atoms with Gasteiger partial charge in [0, 0.05) is 24.7 Å². The molecule has 1 fully saturated rings. The number of rotatable bonds is 10. The Morgan fingerprint density at radius 1 is 0.842 bits per heavy atom. The normalized spacial score (nSPS) is 14.6. The highest BCUT2D eigenvalue weighted by molar-refractivity contribution is 6.00. The largest absolute Gasteiger partial charge is 0.497 e. The van der Waals surface area contributed by atoms with Crippen molar-refractivity contribution in [2.75, 3.05) is 44.7 Å². The van der Waals surface area contributed by atoms with Crippen LogP contribution in [0.5, 0.6) is 28.7 Å². The molecule has 1 aliphatic heterocycles. The van der Waals surface area contributed by atoms with Crippen LogP contribution in [0.2, 0.25) is 0 Å². The van der Waals surface area contributed by atoms with Crippen molar-refractivity contribution in [3.63, 3.8) is 0 Å². The van der Waals surface area contributed by atoms with Gasteiger partial charge >= 0.3 is 5.97 Å². The summed E-state index contributed by atoms with van der Waals surface area (Å²) in [5, 5.41) is 2.64. The van der Waals surface area contributed by atoms with Crippen molar-refractivity contribution in [2.45, 2.75) is 6.42 Å². The number of ether oxygens (including phenoxy) is 5. The number of hydrogen-bond acceptors (Lipinski definition) is 8. The molecule has 10 heteroatoms. The minimum Gasteiger partial charge on any atom is -0.497 e. The standard InChI is InChI=1S/C28H28N2O8/c1-34-20-8-10-22(11-9-20)38-21-6-4-19(5-7-21)30-16-18(14-27(30)32)28(33)37-17-26(31)29-24-13-12-23(35-2)15-25(24)36-3/h4-13,15,18H,14,16-17H2,1-3H3,(H,29,31)/t18-/m1/s1. The lowest BCUT2D eigenvalue weighted by Gasteiger charge is -2.17. The van der Waals surface area contributed by atoms with Gasteiger partial charge in [-0.15, -0.1) is 0 Å². The molecule has 0 bridgehead atoms. The average molecular weight is 521 g/mol. The Bertz CT molecular complexity index is 1290. The molecule has 1 atom stereocenters. The first-order valence-corrected chi connectivity index (χ1v) is 11.8. The van der Waals surface area contributed by atoms with Gasteiger partial charge in [0.1, 0.15) is 28.7 Å². The lowest BCUT2D eigenvalue weighted by atomic mass is 10.1. The van der Waals surface area contributed by atoms with Crippen LogP contribution in [-0.4, -0.2) is 52.3 Å². The summed E-state index contributed by atoms with van der Waals surface area (Å²) < 4.78 is 26.5. The minimum absolute atomic E-state index is 0.00312. The van der Waals surface area contributed by atoms with Crippen LogP contribution >= 0.6 is 0 Å². The van der Waals surface area contributed by atoms with Gasteiger partial charge in [0.15, 0.2) is 6.61 Å². The van der Waals surface area contributed by atoms with Crippen LogP contribution in [0.25, 0.3) is 0 Å². The maximum Gasteiger partial charge on any atom is 0.311 e. The van der Waals surface area contributed by atoms with E-state index < -0.39 is 24.4 Å². The Morgan fingerprint density at radius 3 is 2.08 bits per heavy atom. The van der Waals surface area contributed by atoms with Gasteiger partial charge in [-0.05, 0) is 60.7 Å². The van der Waals surface area contributed by atoms with Crippen LogP contribution in [0, 0.1) is 5.92 Å². The van der Waals surface area contributed by atoms with Gasteiger partial charge in [0.25, 0.3) is 5.91 Å². The zero-order chi connectivity index (χ0) is 27.1. The number of carbonyl (C=O) groups is 3. The molecule has 0 saturated carbocycles. The second-order valence-corrected chi connectivity index (χ2v) is 8.40. The van der Waals surface area contributed by atoms with E-state index in [9.17, 15) is 14.4 Å². The lowest BCUT2D eigenvalue weighted by Crippen LogP contribution is -2.28. The van der Waals surface area contributed by atoms with Crippen molar-refractivity contribution in [1.82, 2.24) is 0 Å². The first kappa shape index (κ1) is 26.3. The fraction of sp³-hybridized carbons (Fsp3) is 0.250. The average Bonchev–Trinajstić information content (AvgIpc) is 3.34. The predicted octanol–water partition coefficient (Wildman–Crippen LogP) is 4.04. The Kier molecular flexibility index (Phi) is 8.32. The van der Waals surface area contributed by atoms with E-state index in [2.05, 4.69) is 5.32 Å². The maximum absolute atomic E-state index is 12.6. The molecule has 38 heavy (non-hydrogen) atoms. The first-order chi connectivity index (χ1) is 18.4. The van der Waals surface area contributed by atoms with Gasteiger partial charge in [0.2, 0.25) is 5.91 Å². The number of hydrogen-bond donors (Lipinski definition) is 1. The molecule has 0 spiro atoms. The van der Waals surface area contributed by atoms with E-state index >= 15 is 0 Å². The molecule has 0 radical (unpaired) electrons. The van der Waals surface area contributed by atoms with Crippen molar-refractivity contribution < 1.29 is 38.1 Å². The summed E-state index contributed by atoms with van der Waals surface area (Å²) in [5.74, 6) is 0.917. The summed E-state index contributed by atoms with van der Waals surface area (Å²) in [7, 11) is 4.58. The van der Waals surface area contributed by atoms with Crippen LogP contribution in [0.4, 0.5) is 11.4 Å². The number of nitrogens with zero attached hydrogens (tertiary/aromatic N) is 1. The van der Waals surface area contributed by atoms with E-state index in [-0.39, 0.29) is 18.9 Å². The van der Waals surface area contributed by atoms with Crippen molar-refractivity contribution in [3.8, 4) is 28.7 Å². The molecule has 10 nitrogen and oxygen atoms in total. The Labute approximate surface area is 220 Å². The second-order valence-electron chi connectivity index (χ2n) is 8.40. The fourth-order valence-corrected chi connectivity index (χ4v) is 3.93. The molecule has 3 aromatic rings. The summed E-state index contributed by atoms with van der Waals surface area (Å²) >= 11 is 0. The molecule has 0 aliphatic carbocycles. The molecule has 0 unspecified atom stereocenters. The number of methoxy groups -OCH3 is 3. The zero-order valence-corrected chi connectivity index (χ0v) is 21.3. The molecule has 0 aromatic heterocycles. The van der Waals surface area contributed by atoms with Gasteiger partial charge in [-0.1, -0.05) is 0 Å². The number of anilines is 2. The van der Waals surface area contributed by atoms with Crippen molar-refractivity contribution in [1.29, 1.82) is 0 Å².